The molecule has 2 N–H and O–H groups in total. The smallest absolute Gasteiger partial charge is 0.229 e. The van der Waals surface area contributed by atoms with Gasteiger partial charge < -0.3 is 19.5 Å². The van der Waals surface area contributed by atoms with E-state index in [-0.39, 0.29) is 6.04 Å². The van der Waals surface area contributed by atoms with Gasteiger partial charge in [0, 0.05) is 42.6 Å². The number of aromatic nitrogens is 6. The molecule has 6 rings (SSSR count). The molecule has 0 amide bonds. The molecule has 174 valence electrons. The maximum Gasteiger partial charge on any atom is 0.229 e. The molecule has 1 saturated carbocycles. The maximum absolute atomic E-state index is 6.37. The number of anilines is 3. The number of halogens is 1. The highest BCUT2D eigenvalue weighted by atomic mass is 35.5. The van der Waals surface area contributed by atoms with Crippen LogP contribution in [-0.4, -0.2) is 44.0 Å². The average molecular weight is 479 g/mol. The monoisotopic (exact) mass is 478 g/mol. The summed E-state index contributed by atoms with van der Waals surface area (Å²) in [6, 6.07) is 9.34. The second kappa shape index (κ2) is 8.60. The Hall–Kier alpha value is -3.66. The van der Waals surface area contributed by atoms with Gasteiger partial charge in [0.15, 0.2) is 11.6 Å². The van der Waals surface area contributed by atoms with Crippen molar-refractivity contribution in [2.75, 3.05) is 23.9 Å². The first-order chi connectivity index (χ1) is 16.7. The Morgan fingerprint density at radius 2 is 2.09 bits per heavy atom. The third-order valence-electron chi connectivity index (χ3n) is 6.16. The lowest BCUT2D eigenvalue weighted by molar-refractivity contribution is 0.361. The molecule has 0 unspecified atom stereocenters. The third kappa shape index (κ3) is 4.05. The topological polar surface area (TPSA) is 118 Å². The number of aromatic amines is 1. The first kappa shape index (κ1) is 20.9. The molecule has 5 heterocycles. The van der Waals surface area contributed by atoms with Gasteiger partial charge >= 0.3 is 0 Å². The molecule has 4 aromatic rings. The van der Waals surface area contributed by atoms with Crippen LogP contribution in [0.4, 0.5) is 17.6 Å². The van der Waals surface area contributed by atoms with Crippen LogP contribution in [0.25, 0.3) is 11.3 Å². The number of hydrogen-bond acceptors (Lipinski definition) is 9. The Labute approximate surface area is 200 Å². The summed E-state index contributed by atoms with van der Waals surface area (Å²) in [5.41, 5.74) is 2.60. The van der Waals surface area contributed by atoms with Crippen molar-refractivity contribution in [2.45, 2.75) is 37.6 Å². The molecule has 1 aliphatic carbocycles. The van der Waals surface area contributed by atoms with Crippen LogP contribution in [0.1, 0.15) is 49.1 Å². The molecule has 34 heavy (non-hydrogen) atoms. The van der Waals surface area contributed by atoms with Crippen LogP contribution >= 0.6 is 11.6 Å². The van der Waals surface area contributed by atoms with E-state index in [1.165, 1.54) is 12.8 Å². The molecule has 0 aromatic carbocycles. The lowest BCUT2D eigenvalue weighted by Gasteiger charge is -2.23. The molecule has 1 aliphatic heterocycles. The van der Waals surface area contributed by atoms with E-state index < -0.39 is 0 Å². The van der Waals surface area contributed by atoms with Gasteiger partial charge in [-0.05, 0) is 37.8 Å². The lowest BCUT2D eigenvalue weighted by atomic mass is 10.1. The van der Waals surface area contributed by atoms with Crippen molar-refractivity contribution in [1.29, 1.82) is 0 Å². The van der Waals surface area contributed by atoms with E-state index in [0.717, 1.165) is 36.4 Å². The van der Waals surface area contributed by atoms with E-state index in [1.807, 2.05) is 24.3 Å². The van der Waals surface area contributed by atoms with E-state index in [2.05, 4.69) is 35.5 Å². The van der Waals surface area contributed by atoms with Crippen LogP contribution in [0.5, 0.6) is 5.88 Å². The normalized spacial score (nSPS) is 17.8. The fraction of sp³-hybridized carbons (Fsp3) is 0.348. The average Bonchev–Trinajstić information content (AvgIpc) is 3.23. The van der Waals surface area contributed by atoms with Crippen LogP contribution in [0.3, 0.4) is 0 Å². The number of ether oxygens (including phenoxy) is 1. The quantitative estimate of drug-likeness (QED) is 0.358. The van der Waals surface area contributed by atoms with Gasteiger partial charge in [0.1, 0.15) is 16.7 Å². The van der Waals surface area contributed by atoms with E-state index in [9.17, 15) is 0 Å². The van der Waals surface area contributed by atoms with Gasteiger partial charge in [-0.3, -0.25) is 5.10 Å². The number of methoxy groups -OCH3 is 1. The van der Waals surface area contributed by atoms with Gasteiger partial charge in [-0.25, -0.2) is 9.97 Å². The summed E-state index contributed by atoms with van der Waals surface area (Å²) in [4.78, 5) is 15.6. The van der Waals surface area contributed by atoms with Crippen LogP contribution in [0.2, 0.25) is 5.15 Å². The second-order valence-electron chi connectivity index (χ2n) is 8.51. The van der Waals surface area contributed by atoms with Gasteiger partial charge in [0.2, 0.25) is 11.8 Å². The third-order valence-corrected chi connectivity index (χ3v) is 6.35. The van der Waals surface area contributed by atoms with E-state index in [0.29, 0.717) is 40.2 Å². The minimum absolute atomic E-state index is 0.0536. The number of rotatable bonds is 7. The molecule has 0 radical (unpaired) electrons. The molecule has 11 heteroatoms. The van der Waals surface area contributed by atoms with Crippen molar-refractivity contribution in [3.63, 3.8) is 0 Å². The zero-order chi connectivity index (χ0) is 23.1. The van der Waals surface area contributed by atoms with Gasteiger partial charge in [0.25, 0.3) is 0 Å². The SMILES string of the molecule is COc1ncccc1-c1cc([C@@H]2CCCN2c2nc(Cl)cc(Nc3cc(C4CC4)[nH]n3)n2)on1. The highest BCUT2D eigenvalue weighted by Gasteiger charge is 2.32. The minimum atomic E-state index is -0.0536. The number of hydrogen-bond donors (Lipinski definition) is 2. The standard InChI is InChI=1S/C23H23ClN8O2/c1-33-22-14(4-2-8-25-22)16-10-18(34-31-16)17-5-3-9-32(17)23-26-19(24)12-20(28-23)27-21-11-15(29-30-21)13-6-7-13/h2,4,8,10-13,17H,3,5-7,9H2,1H3,(H2,26,27,28,29,30)/t17-/m0/s1. The van der Waals surface area contributed by atoms with Gasteiger partial charge in [-0.1, -0.05) is 16.8 Å². The summed E-state index contributed by atoms with van der Waals surface area (Å²) in [6.07, 6.45) is 5.96. The van der Waals surface area contributed by atoms with Crippen molar-refractivity contribution in [1.82, 2.24) is 30.3 Å². The number of nitrogens with one attached hydrogen (secondary N) is 2. The van der Waals surface area contributed by atoms with Crippen molar-refractivity contribution in [3.05, 3.63) is 53.1 Å². The Kier molecular flexibility index (Phi) is 5.29. The lowest BCUT2D eigenvalue weighted by Crippen LogP contribution is -2.24. The summed E-state index contributed by atoms with van der Waals surface area (Å²) in [7, 11) is 1.59. The largest absolute Gasteiger partial charge is 0.481 e. The second-order valence-corrected chi connectivity index (χ2v) is 8.90. The summed E-state index contributed by atoms with van der Waals surface area (Å²) in [5.74, 6) is 3.67. The minimum Gasteiger partial charge on any atom is -0.481 e. The molecule has 2 fully saturated rings. The fourth-order valence-electron chi connectivity index (χ4n) is 4.36. The molecule has 0 bridgehead atoms. The molecule has 0 spiro atoms. The van der Waals surface area contributed by atoms with Gasteiger partial charge in [-0.15, -0.1) is 0 Å². The predicted octanol–water partition coefficient (Wildman–Crippen LogP) is 4.87. The molecule has 2 aliphatic rings. The first-order valence-corrected chi connectivity index (χ1v) is 11.7. The number of nitrogens with zero attached hydrogens (tertiary/aromatic N) is 6. The molecular formula is C23H23ClN8O2. The van der Waals surface area contributed by atoms with Crippen molar-refractivity contribution in [2.24, 2.45) is 0 Å². The molecule has 4 aromatic heterocycles. The molecule has 10 nitrogen and oxygen atoms in total. The predicted molar refractivity (Wildman–Crippen MR) is 126 cm³/mol. The Bertz CT molecular complexity index is 1320. The van der Waals surface area contributed by atoms with Crippen LogP contribution in [0.15, 0.2) is 41.1 Å². The van der Waals surface area contributed by atoms with E-state index >= 15 is 0 Å². The van der Waals surface area contributed by atoms with Crippen molar-refractivity contribution in [3.8, 4) is 17.1 Å². The zero-order valence-corrected chi connectivity index (χ0v) is 19.3. The fourth-order valence-corrected chi connectivity index (χ4v) is 4.54. The summed E-state index contributed by atoms with van der Waals surface area (Å²) in [6.45, 7) is 0.783. The number of H-pyrrole nitrogens is 1. The Morgan fingerprint density at radius 1 is 1.18 bits per heavy atom. The van der Waals surface area contributed by atoms with Crippen LogP contribution in [0, 0.1) is 0 Å². The Balaban J connectivity index is 1.25. The highest BCUT2D eigenvalue weighted by molar-refractivity contribution is 6.29. The summed E-state index contributed by atoms with van der Waals surface area (Å²) in [5, 5.41) is 15.3. The van der Waals surface area contributed by atoms with Gasteiger partial charge in [-0.2, -0.15) is 10.1 Å². The number of pyridine rings is 1. The van der Waals surface area contributed by atoms with Crippen LogP contribution in [-0.2, 0) is 0 Å². The first-order valence-electron chi connectivity index (χ1n) is 11.3. The van der Waals surface area contributed by atoms with E-state index in [1.54, 1.807) is 19.4 Å². The maximum atomic E-state index is 6.37. The van der Waals surface area contributed by atoms with Gasteiger partial charge in [0.05, 0.1) is 18.7 Å². The van der Waals surface area contributed by atoms with E-state index in [4.69, 9.17) is 25.8 Å². The van der Waals surface area contributed by atoms with Crippen molar-refractivity contribution < 1.29 is 9.26 Å². The zero-order valence-electron chi connectivity index (χ0n) is 18.5. The molecule has 1 atom stereocenters. The van der Waals surface area contributed by atoms with Crippen molar-refractivity contribution >= 4 is 29.2 Å². The van der Waals surface area contributed by atoms with Crippen LogP contribution < -0.4 is 15.0 Å². The Morgan fingerprint density at radius 3 is 2.94 bits per heavy atom. The summed E-state index contributed by atoms with van der Waals surface area (Å²) < 4.78 is 11.1. The summed E-state index contributed by atoms with van der Waals surface area (Å²) >= 11 is 6.37. The molecule has 1 saturated heterocycles. The molecular weight excluding hydrogens is 456 g/mol. The highest BCUT2D eigenvalue weighted by Crippen LogP contribution is 2.40.